The third-order valence-corrected chi connectivity index (χ3v) is 5.57. The van der Waals surface area contributed by atoms with Gasteiger partial charge in [-0.15, -0.1) is 0 Å². The zero-order valence-electron chi connectivity index (χ0n) is 18.3. The molecule has 4 rings (SSSR count). The molecule has 3 N–H and O–H groups in total. The molecule has 1 aromatic heterocycles. The number of amides is 2. The van der Waals surface area contributed by atoms with Crippen molar-refractivity contribution >= 4 is 18.0 Å². The smallest absolute Gasteiger partial charge is 0.407 e. The molecule has 10 nitrogen and oxygen atoms in total. The summed E-state index contributed by atoms with van der Waals surface area (Å²) in [6.07, 6.45) is 0.398. The Morgan fingerprint density at radius 3 is 2.35 bits per heavy atom. The lowest BCUT2D eigenvalue weighted by Gasteiger charge is -2.15. The fourth-order valence-electron chi connectivity index (χ4n) is 3.95. The first-order chi connectivity index (χ1) is 16.5. The minimum Gasteiger partial charge on any atom is -0.480 e. The molecule has 0 radical (unpaired) electrons. The molecule has 2 amide bonds. The average Bonchev–Trinajstić information content (AvgIpc) is 3.44. The Kier molecular flexibility index (Phi) is 6.88. The SMILES string of the molecule is COCC(NC(=O)c1conc1CNC(=O)OCC1c2ccccc2-c2ccccc21)C(=O)O. The molecule has 0 fully saturated rings. The number of rotatable bonds is 9. The standard InChI is InChI=1S/C24H23N3O7/c1-32-13-21(23(29)30)26-22(28)19-12-34-27-20(19)10-25-24(31)33-11-18-16-8-4-2-6-14(16)15-7-3-5-9-17(15)18/h2-9,12,18,21H,10-11,13H2,1H3,(H,25,31)(H,26,28)(H,29,30). The van der Waals surface area contributed by atoms with Crippen LogP contribution in [0.25, 0.3) is 11.1 Å². The van der Waals surface area contributed by atoms with E-state index in [1.54, 1.807) is 0 Å². The van der Waals surface area contributed by atoms with Crippen molar-refractivity contribution in [2.75, 3.05) is 20.3 Å². The van der Waals surface area contributed by atoms with Crippen LogP contribution in [0.1, 0.15) is 33.1 Å². The summed E-state index contributed by atoms with van der Waals surface area (Å²) < 4.78 is 15.1. The quantitative estimate of drug-likeness (QED) is 0.438. The Bertz CT molecular complexity index is 1160. The second-order valence-corrected chi connectivity index (χ2v) is 7.67. The Hall–Kier alpha value is -4.18. The molecule has 1 unspecified atom stereocenters. The van der Waals surface area contributed by atoms with Gasteiger partial charge < -0.3 is 29.7 Å². The summed E-state index contributed by atoms with van der Waals surface area (Å²) in [7, 11) is 1.32. The van der Waals surface area contributed by atoms with Gasteiger partial charge in [0.1, 0.15) is 24.1 Å². The van der Waals surface area contributed by atoms with Crippen LogP contribution < -0.4 is 10.6 Å². The fraction of sp³-hybridized carbons (Fsp3) is 0.250. The van der Waals surface area contributed by atoms with Crippen LogP contribution in [0.4, 0.5) is 4.79 Å². The van der Waals surface area contributed by atoms with Crippen LogP contribution in [-0.2, 0) is 20.8 Å². The van der Waals surface area contributed by atoms with Crippen molar-refractivity contribution in [3.63, 3.8) is 0 Å². The van der Waals surface area contributed by atoms with Gasteiger partial charge in [0.2, 0.25) is 0 Å². The first-order valence-corrected chi connectivity index (χ1v) is 10.5. The molecule has 34 heavy (non-hydrogen) atoms. The van der Waals surface area contributed by atoms with Gasteiger partial charge in [0.15, 0.2) is 6.04 Å². The molecule has 1 aliphatic rings. The number of alkyl carbamates (subject to hydrolysis) is 1. The molecule has 0 saturated heterocycles. The molecular formula is C24H23N3O7. The first-order valence-electron chi connectivity index (χ1n) is 10.5. The van der Waals surface area contributed by atoms with Gasteiger partial charge in [0.25, 0.3) is 5.91 Å². The van der Waals surface area contributed by atoms with Gasteiger partial charge in [-0.2, -0.15) is 0 Å². The van der Waals surface area contributed by atoms with E-state index in [1.165, 1.54) is 7.11 Å². The van der Waals surface area contributed by atoms with E-state index in [0.717, 1.165) is 28.5 Å². The van der Waals surface area contributed by atoms with Crippen molar-refractivity contribution in [1.29, 1.82) is 0 Å². The highest BCUT2D eigenvalue weighted by molar-refractivity contribution is 5.97. The van der Waals surface area contributed by atoms with Gasteiger partial charge in [0, 0.05) is 13.0 Å². The third-order valence-electron chi connectivity index (χ3n) is 5.57. The van der Waals surface area contributed by atoms with Crippen LogP contribution in [0.5, 0.6) is 0 Å². The van der Waals surface area contributed by atoms with Crippen LogP contribution in [-0.4, -0.2) is 54.6 Å². The second-order valence-electron chi connectivity index (χ2n) is 7.67. The van der Waals surface area contributed by atoms with Crippen molar-refractivity contribution in [2.45, 2.75) is 18.5 Å². The predicted molar refractivity (Wildman–Crippen MR) is 119 cm³/mol. The maximum absolute atomic E-state index is 12.4. The van der Waals surface area contributed by atoms with E-state index in [-0.39, 0.29) is 36.9 Å². The Balaban J connectivity index is 1.35. The third kappa shape index (κ3) is 4.76. The van der Waals surface area contributed by atoms with Gasteiger partial charge in [-0.25, -0.2) is 9.59 Å². The number of carbonyl (C=O) groups is 3. The average molecular weight is 465 g/mol. The van der Waals surface area contributed by atoms with E-state index < -0.39 is 24.0 Å². The lowest BCUT2D eigenvalue weighted by molar-refractivity contribution is -0.140. The van der Waals surface area contributed by atoms with E-state index in [2.05, 4.69) is 15.8 Å². The number of aromatic nitrogens is 1. The van der Waals surface area contributed by atoms with Gasteiger partial charge in [0.05, 0.1) is 13.2 Å². The summed E-state index contributed by atoms with van der Waals surface area (Å²) >= 11 is 0. The lowest BCUT2D eigenvalue weighted by atomic mass is 9.98. The molecule has 0 spiro atoms. The molecule has 1 heterocycles. The van der Waals surface area contributed by atoms with E-state index in [4.69, 9.17) is 19.1 Å². The molecular weight excluding hydrogens is 442 g/mol. The van der Waals surface area contributed by atoms with Crippen LogP contribution in [0, 0.1) is 0 Å². The number of fused-ring (bicyclic) bond motifs is 3. The molecule has 1 atom stereocenters. The Morgan fingerprint density at radius 1 is 1.09 bits per heavy atom. The maximum atomic E-state index is 12.4. The summed E-state index contributed by atoms with van der Waals surface area (Å²) in [5.41, 5.74) is 4.57. The number of methoxy groups -OCH3 is 1. The largest absolute Gasteiger partial charge is 0.480 e. The number of nitrogens with one attached hydrogen (secondary N) is 2. The fourth-order valence-corrected chi connectivity index (χ4v) is 3.95. The zero-order valence-corrected chi connectivity index (χ0v) is 18.3. The maximum Gasteiger partial charge on any atom is 0.407 e. The molecule has 1 aliphatic carbocycles. The summed E-state index contributed by atoms with van der Waals surface area (Å²) in [6, 6.07) is 14.8. The number of aliphatic carboxylic acids is 1. The highest BCUT2D eigenvalue weighted by Gasteiger charge is 2.29. The zero-order chi connectivity index (χ0) is 24.1. The lowest BCUT2D eigenvalue weighted by Crippen LogP contribution is -2.44. The number of ether oxygens (including phenoxy) is 2. The van der Waals surface area contributed by atoms with E-state index in [0.29, 0.717) is 0 Å². The second kappa shape index (κ2) is 10.2. The van der Waals surface area contributed by atoms with Crippen LogP contribution in [0.15, 0.2) is 59.3 Å². The summed E-state index contributed by atoms with van der Waals surface area (Å²) in [5.74, 6) is -2.04. The van der Waals surface area contributed by atoms with Gasteiger partial charge in [-0.3, -0.25) is 4.79 Å². The van der Waals surface area contributed by atoms with Gasteiger partial charge in [-0.05, 0) is 22.3 Å². The van der Waals surface area contributed by atoms with Crippen molar-refractivity contribution in [2.24, 2.45) is 0 Å². The number of hydrogen-bond donors (Lipinski definition) is 3. The van der Waals surface area contributed by atoms with E-state index in [9.17, 15) is 14.4 Å². The normalized spacial score (nSPS) is 13.0. The molecule has 176 valence electrons. The molecule has 0 bridgehead atoms. The first kappa shape index (κ1) is 23.0. The minimum atomic E-state index is -1.25. The molecule has 2 aromatic carbocycles. The molecule has 10 heteroatoms. The number of carboxylic acids is 1. The summed E-state index contributed by atoms with van der Waals surface area (Å²) in [5, 5.41) is 17.8. The molecule has 0 saturated carbocycles. The number of carboxylic acid groups (broad SMARTS) is 1. The monoisotopic (exact) mass is 465 g/mol. The van der Waals surface area contributed by atoms with Crippen molar-refractivity contribution in [3.8, 4) is 11.1 Å². The van der Waals surface area contributed by atoms with Gasteiger partial charge >= 0.3 is 12.1 Å². The van der Waals surface area contributed by atoms with Crippen LogP contribution >= 0.6 is 0 Å². The van der Waals surface area contributed by atoms with Crippen LogP contribution in [0.3, 0.4) is 0 Å². The Labute approximate surface area is 194 Å². The molecule has 3 aromatic rings. The number of nitrogens with zero attached hydrogens (tertiary/aromatic N) is 1. The summed E-state index contributed by atoms with van der Waals surface area (Å²) in [4.78, 5) is 36.0. The van der Waals surface area contributed by atoms with Crippen molar-refractivity contribution in [3.05, 3.63) is 77.2 Å². The number of hydrogen-bond acceptors (Lipinski definition) is 7. The minimum absolute atomic E-state index is 0.00120. The van der Waals surface area contributed by atoms with E-state index in [1.807, 2.05) is 48.5 Å². The van der Waals surface area contributed by atoms with Crippen molar-refractivity contribution < 1.29 is 33.5 Å². The topological polar surface area (TPSA) is 140 Å². The number of benzene rings is 2. The molecule has 0 aliphatic heterocycles. The highest BCUT2D eigenvalue weighted by Crippen LogP contribution is 2.44. The number of carbonyl (C=O) groups excluding carboxylic acids is 2. The van der Waals surface area contributed by atoms with Gasteiger partial charge in [-0.1, -0.05) is 53.7 Å². The predicted octanol–water partition coefficient (Wildman–Crippen LogP) is 2.54. The van der Waals surface area contributed by atoms with Crippen molar-refractivity contribution in [1.82, 2.24) is 15.8 Å². The summed E-state index contributed by atoms with van der Waals surface area (Å²) in [6.45, 7) is -0.207. The highest BCUT2D eigenvalue weighted by atomic mass is 16.5. The van der Waals surface area contributed by atoms with Crippen LogP contribution in [0.2, 0.25) is 0 Å². The van der Waals surface area contributed by atoms with E-state index >= 15 is 0 Å². The Morgan fingerprint density at radius 2 is 1.74 bits per heavy atom.